The molecule has 0 aliphatic carbocycles. The van der Waals surface area contributed by atoms with Crippen molar-refractivity contribution in [1.82, 2.24) is 14.2 Å². The zero-order valence-corrected chi connectivity index (χ0v) is 10.2. The van der Waals surface area contributed by atoms with Crippen LogP contribution in [0.2, 0.25) is 0 Å². The number of aromatic nitrogens is 1. The van der Waals surface area contributed by atoms with Gasteiger partial charge in [0.1, 0.15) is 5.03 Å². The Bertz CT molecular complexity index is 398. The number of nitrogens with zero attached hydrogens (tertiary/aromatic N) is 3. The highest BCUT2D eigenvalue weighted by atomic mass is 32.2. The molecule has 4 heteroatoms. The fourth-order valence-corrected chi connectivity index (χ4v) is 3.29. The SMILES string of the molecule is CN1CC2=C(C1)CN(Sc1ccccn1)C2. The van der Waals surface area contributed by atoms with Crippen molar-refractivity contribution in [3.8, 4) is 0 Å². The van der Waals surface area contributed by atoms with E-state index in [4.69, 9.17) is 0 Å². The van der Waals surface area contributed by atoms with E-state index in [1.807, 2.05) is 18.3 Å². The Balaban J connectivity index is 1.61. The Labute approximate surface area is 100 Å². The summed E-state index contributed by atoms with van der Waals surface area (Å²) < 4.78 is 2.40. The third-order valence-electron chi connectivity index (χ3n) is 3.02. The third kappa shape index (κ3) is 2.00. The van der Waals surface area contributed by atoms with Crippen LogP contribution in [0.1, 0.15) is 0 Å². The molecule has 0 aromatic carbocycles. The molecule has 0 N–H and O–H groups in total. The second-order valence-electron chi connectivity index (χ2n) is 4.44. The predicted octanol–water partition coefficient (Wildman–Crippen LogP) is 1.65. The summed E-state index contributed by atoms with van der Waals surface area (Å²) in [6.07, 6.45) is 1.85. The van der Waals surface area contributed by atoms with Crippen molar-refractivity contribution in [2.45, 2.75) is 5.03 Å². The third-order valence-corrected chi connectivity index (χ3v) is 3.96. The zero-order chi connectivity index (χ0) is 11.0. The van der Waals surface area contributed by atoms with E-state index in [9.17, 15) is 0 Å². The molecule has 1 aromatic rings. The Morgan fingerprint density at radius 2 is 1.88 bits per heavy atom. The molecule has 2 aliphatic rings. The second-order valence-corrected chi connectivity index (χ2v) is 5.55. The van der Waals surface area contributed by atoms with Crippen LogP contribution >= 0.6 is 11.9 Å². The number of pyridine rings is 1. The van der Waals surface area contributed by atoms with E-state index in [-0.39, 0.29) is 0 Å². The molecule has 0 radical (unpaired) electrons. The normalized spacial score (nSPS) is 21.8. The smallest absolute Gasteiger partial charge is 0.111 e. The van der Waals surface area contributed by atoms with Gasteiger partial charge in [-0.15, -0.1) is 0 Å². The minimum Gasteiger partial charge on any atom is -0.298 e. The van der Waals surface area contributed by atoms with Gasteiger partial charge in [-0.3, -0.25) is 4.90 Å². The van der Waals surface area contributed by atoms with E-state index in [0.717, 1.165) is 31.2 Å². The fourth-order valence-electron chi connectivity index (χ4n) is 2.33. The first-order valence-electron chi connectivity index (χ1n) is 5.53. The van der Waals surface area contributed by atoms with Crippen molar-refractivity contribution in [3.05, 3.63) is 35.5 Å². The van der Waals surface area contributed by atoms with Crippen molar-refractivity contribution < 1.29 is 0 Å². The highest BCUT2D eigenvalue weighted by Crippen LogP contribution is 2.31. The molecule has 0 atom stereocenters. The first-order chi connectivity index (χ1) is 7.81. The number of rotatable bonds is 2. The molecule has 16 heavy (non-hydrogen) atoms. The summed E-state index contributed by atoms with van der Waals surface area (Å²) in [5.41, 5.74) is 3.23. The van der Waals surface area contributed by atoms with Crippen molar-refractivity contribution in [2.24, 2.45) is 0 Å². The summed E-state index contributed by atoms with van der Waals surface area (Å²) in [4.78, 5) is 6.73. The van der Waals surface area contributed by atoms with Gasteiger partial charge in [-0.05, 0) is 42.3 Å². The number of likely N-dealkylation sites (N-methyl/N-ethyl adjacent to an activating group) is 1. The highest BCUT2D eigenvalue weighted by molar-refractivity contribution is 7.97. The van der Waals surface area contributed by atoms with Gasteiger partial charge in [-0.25, -0.2) is 9.29 Å². The van der Waals surface area contributed by atoms with Crippen molar-refractivity contribution in [2.75, 3.05) is 33.2 Å². The standard InChI is InChI=1S/C12H15N3S/c1-14-6-10-8-15(9-11(10)7-14)16-12-4-2-3-5-13-12/h2-5H,6-9H2,1H3. The minimum atomic E-state index is 1.09. The van der Waals surface area contributed by atoms with Crippen LogP contribution in [-0.4, -0.2) is 47.4 Å². The molecule has 3 rings (SSSR count). The Kier molecular flexibility index (Phi) is 2.71. The van der Waals surface area contributed by atoms with Gasteiger partial charge in [-0.2, -0.15) is 0 Å². The topological polar surface area (TPSA) is 19.4 Å². The lowest BCUT2D eigenvalue weighted by molar-refractivity contribution is 0.399. The van der Waals surface area contributed by atoms with E-state index in [1.54, 1.807) is 23.1 Å². The lowest BCUT2D eigenvalue weighted by Gasteiger charge is -2.18. The van der Waals surface area contributed by atoms with Gasteiger partial charge in [0.2, 0.25) is 0 Å². The highest BCUT2D eigenvalue weighted by Gasteiger charge is 2.28. The molecule has 0 bridgehead atoms. The largest absolute Gasteiger partial charge is 0.298 e. The van der Waals surface area contributed by atoms with Gasteiger partial charge in [0.05, 0.1) is 0 Å². The van der Waals surface area contributed by atoms with Gasteiger partial charge >= 0.3 is 0 Å². The maximum Gasteiger partial charge on any atom is 0.111 e. The van der Waals surface area contributed by atoms with Crippen LogP contribution in [0.15, 0.2) is 40.6 Å². The first kappa shape index (κ1) is 10.3. The maximum atomic E-state index is 4.34. The summed E-state index contributed by atoms with van der Waals surface area (Å²) in [6.45, 7) is 4.49. The molecule has 3 nitrogen and oxygen atoms in total. The van der Waals surface area contributed by atoms with Crippen LogP contribution in [0.4, 0.5) is 0 Å². The average Bonchev–Trinajstić information content (AvgIpc) is 2.76. The lowest BCUT2D eigenvalue weighted by atomic mass is 10.2. The molecule has 0 saturated heterocycles. The second kappa shape index (κ2) is 4.20. The van der Waals surface area contributed by atoms with E-state index in [0.29, 0.717) is 0 Å². The first-order valence-corrected chi connectivity index (χ1v) is 6.31. The monoisotopic (exact) mass is 233 g/mol. The van der Waals surface area contributed by atoms with Crippen molar-refractivity contribution in [1.29, 1.82) is 0 Å². The lowest BCUT2D eigenvalue weighted by Crippen LogP contribution is -2.23. The average molecular weight is 233 g/mol. The van der Waals surface area contributed by atoms with Crippen LogP contribution in [-0.2, 0) is 0 Å². The van der Waals surface area contributed by atoms with E-state index >= 15 is 0 Å². The summed E-state index contributed by atoms with van der Waals surface area (Å²) in [5, 5.41) is 1.09. The van der Waals surface area contributed by atoms with Crippen molar-refractivity contribution in [3.63, 3.8) is 0 Å². The van der Waals surface area contributed by atoms with Crippen LogP contribution in [0.3, 0.4) is 0 Å². The molecule has 84 valence electrons. The summed E-state index contributed by atoms with van der Waals surface area (Å²) >= 11 is 1.77. The Morgan fingerprint density at radius 1 is 1.12 bits per heavy atom. The van der Waals surface area contributed by atoms with E-state index < -0.39 is 0 Å². The van der Waals surface area contributed by atoms with Gasteiger partial charge < -0.3 is 0 Å². The van der Waals surface area contributed by atoms with Crippen molar-refractivity contribution >= 4 is 11.9 Å². The molecule has 1 aromatic heterocycles. The molecule has 0 unspecified atom stereocenters. The van der Waals surface area contributed by atoms with Crippen LogP contribution in [0.25, 0.3) is 0 Å². The number of hydrogen-bond donors (Lipinski definition) is 0. The Hall–Kier alpha value is -0.840. The Morgan fingerprint density at radius 3 is 2.50 bits per heavy atom. The molecule has 3 heterocycles. The molecular weight excluding hydrogens is 218 g/mol. The van der Waals surface area contributed by atoms with Crippen LogP contribution < -0.4 is 0 Å². The fraction of sp³-hybridized carbons (Fsp3) is 0.417. The molecule has 0 fully saturated rings. The van der Waals surface area contributed by atoms with E-state index in [1.165, 1.54) is 0 Å². The quantitative estimate of drug-likeness (QED) is 0.571. The zero-order valence-electron chi connectivity index (χ0n) is 9.39. The predicted molar refractivity (Wildman–Crippen MR) is 66.2 cm³/mol. The summed E-state index contributed by atoms with van der Waals surface area (Å²) in [5.74, 6) is 0. The molecule has 2 aliphatic heterocycles. The molecule has 0 saturated carbocycles. The van der Waals surface area contributed by atoms with E-state index in [2.05, 4.69) is 27.3 Å². The minimum absolute atomic E-state index is 1.09. The molecule has 0 spiro atoms. The van der Waals surface area contributed by atoms with Crippen LogP contribution in [0.5, 0.6) is 0 Å². The van der Waals surface area contributed by atoms with Crippen LogP contribution in [0, 0.1) is 0 Å². The van der Waals surface area contributed by atoms with Gasteiger partial charge in [0.15, 0.2) is 0 Å². The summed E-state index contributed by atoms with van der Waals surface area (Å²) in [7, 11) is 2.19. The van der Waals surface area contributed by atoms with Gasteiger partial charge in [0.25, 0.3) is 0 Å². The van der Waals surface area contributed by atoms with Gasteiger partial charge in [0, 0.05) is 32.4 Å². The number of hydrogen-bond acceptors (Lipinski definition) is 4. The molecule has 0 amide bonds. The summed E-state index contributed by atoms with van der Waals surface area (Å²) in [6, 6.07) is 6.07. The maximum absolute atomic E-state index is 4.34. The molecular formula is C12H15N3S. The van der Waals surface area contributed by atoms with Gasteiger partial charge in [-0.1, -0.05) is 6.07 Å².